The van der Waals surface area contributed by atoms with Crippen LogP contribution >= 0.6 is 15.8 Å². The van der Waals surface area contributed by atoms with E-state index in [0.29, 0.717) is 0 Å². The van der Waals surface area contributed by atoms with Gasteiger partial charge < -0.3 is 9.59 Å². The molecule has 0 spiro atoms. The van der Waals surface area contributed by atoms with Gasteiger partial charge in [0.2, 0.25) is 0 Å². The Bertz CT molecular complexity index is 1280. The minimum absolute atomic E-state index is 0. The van der Waals surface area contributed by atoms with Crippen LogP contribution in [0.1, 0.15) is 13.8 Å². The standard InChI is InChI=1S/2C18H15P.2C2H3O.Pd/c2*1-4-10-16(11-5-1)19(17-12-6-2-7-13-17)18-14-8-3-9-15-18;2*1-2-3;/h2*1-15H;2*1H3;/q;;2*-1;+2. The topological polar surface area (TPSA) is 34.1 Å². The molecule has 0 atom stereocenters. The Hall–Kier alpha value is -3.82. The predicted octanol–water partition coefficient (Wildman–Crippen LogP) is 7.12. The Morgan fingerprint density at radius 1 is 0.311 bits per heavy atom. The van der Waals surface area contributed by atoms with Crippen LogP contribution in [0.15, 0.2) is 182 Å². The molecule has 0 amide bonds. The molecular weight excluding hydrogens is 681 g/mol. The summed E-state index contributed by atoms with van der Waals surface area (Å²) in [5.74, 6) is 0. The first kappa shape index (κ1) is 37.4. The minimum atomic E-state index is -0.446. The molecule has 0 aliphatic heterocycles. The van der Waals surface area contributed by atoms with Gasteiger partial charge in [-0.05, 0) is 47.7 Å². The predicted molar refractivity (Wildman–Crippen MR) is 193 cm³/mol. The summed E-state index contributed by atoms with van der Waals surface area (Å²) in [7, 11) is -0.892. The fourth-order valence-corrected chi connectivity index (χ4v) is 8.97. The van der Waals surface area contributed by atoms with Gasteiger partial charge in [-0.25, -0.2) is 0 Å². The SMILES string of the molecule is C[C-]=O.C[C-]=O.[Pd+2].c1ccc(P(c2ccccc2)c2ccccc2)cc1.c1ccc(P(c2ccccc2)c2ccccc2)cc1. The second-order valence-electron chi connectivity index (χ2n) is 9.09. The molecule has 5 heteroatoms. The zero-order valence-electron chi connectivity index (χ0n) is 25.3. The van der Waals surface area contributed by atoms with Gasteiger partial charge in [0, 0.05) is 0 Å². The summed E-state index contributed by atoms with van der Waals surface area (Å²) in [5, 5.41) is 8.39. The average Bonchev–Trinajstić information content (AvgIpc) is 3.09. The van der Waals surface area contributed by atoms with Gasteiger partial charge in [0.15, 0.2) is 0 Å². The molecule has 0 saturated carbocycles. The van der Waals surface area contributed by atoms with E-state index in [1.165, 1.54) is 58.2 Å². The molecular formula is C40H36O2P2Pd. The maximum Gasteiger partial charge on any atom is 2.00 e. The van der Waals surface area contributed by atoms with E-state index in [-0.39, 0.29) is 20.4 Å². The monoisotopic (exact) mass is 716 g/mol. The molecule has 0 aromatic heterocycles. The molecule has 2 nitrogen and oxygen atoms in total. The van der Waals surface area contributed by atoms with Crippen molar-refractivity contribution in [1.29, 1.82) is 0 Å². The van der Waals surface area contributed by atoms with Crippen molar-refractivity contribution in [3.63, 3.8) is 0 Å². The van der Waals surface area contributed by atoms with Gasteiger partial charge >= 0.3 is 20.4 Å². The first-order valence-electron chi connectivity index (χ1n) is 14.2. The molecule has 0 fully saturated rings. The van der Waals surface area contributed by atoms with Crippen molar-refractivity contribution >= 4 is 60.2 Å². The number of hydrogen-bond donors (Lipinski definition) is 0. The van der Waals surface area contributed by atoms with Gasteiger partial charge in [-0.1, -0.05) is 182 Å². The van der Waals surface area contributed by atoms with E-state index in [1.807, 2.05) is 0 Å². The smallest absolute Gasteiger partial charge is 0.542 e. The van der Waals surface area contributed by atoms with E-state index in [0.717, 1.165) is 0 Å². The van der Waals surface area contributed by atoms with E-state index >= 15 is 0 Å². The van der Waals surface area contributed by atoms with Crippen LogP contribution in [0.4, 0.5) is 0 Å². The van der Waals surface area contributed by atoms with Crippen LogP contribution in [0.25, 0.3) is 0 Å². The second-order valence-corrected chi connectivity index (χ2v) is 13.5. The average molecular weight is 717 g/mol. The quantitative estimate of drug-likeness (QED) is 0.105. The molecule has 0 radical (unpaired) electrons. The van der Waals surface area contributed by atoms with Gasteiger partial charge in [-0.15, -0.1) is 0 Å². The number of carbonyl (C=O) groups excluding carboxylic acids is 2. The fraction of sp³-hybridized carbons (Fsp3) is 0.0500. The summed E-state index contributed by atoms with van der Waals surface area (Å²) in [4.78, 5) is 17.4. The Labute approximate surface area is 284 Å². The van der Waals surface area contributed by atoms with E-state index in [9.17, 15) is 0 Å². The first-order chi connectivity index (χ1) is 21.7. The van der Waals surface area contributed by atoms with Crippen LogP contribution in [-0.2, 0) is 30.0 Å². The third-order valence-electron chi connectivity index (χ3n) is 6.09. The number of benzene rings is 6. The van der Waals surface area contributed by atoms with Crippen LogP contribution in [0, 0.1) is 0 Å². The van der Waals surface area contributed by atoms with Crippen molar-refractivity contribution in [1.82, 2.24) is 0 Å². The molecule has 6 rings (SSSR count). The van der Waals surface area contributed by atoms with Gasteiger partial charge in [0.1, 0.15) is 0 Å². The zero-order valence-corrected chi connectivity index (χ0v) is 28.7. The molecule has 6 aromatic carbocycles. The Kier molecular flexibility index (Phi) is 18.8. The third kappa shape index (κ3) is 12.6. The molecule has 0 bridgehead atoms. The molecule has 0 saturated heterocycles. The Balaban J connectivity index is 0.000000262. The van der Waals surface area contributed by atoms with Crippen molar-refractivity contribution in [2.75, 3.05) is 0 Å². The van der Waals surface area contributed by atoms with Crippen LogP contribution in [-0.4, -0.2) is 12.6 Å². The Morgan fingerprint density at radius 2 is 0.422 bits per heavy atom. The Morgan fingerprint density at radius 3 is 0.533 bits per heavy atom. The summed E-state index contributed by atoms with van der Waals surface area (Å²) in [6.07, 6.45) is 3.00. The molecule has 0 heterocycles. The third-order valence-corrected chi connectivity index (χ3v) is 11.0. The van der Waals surface area contributed by atoms with Crippen LogP contribution < -0.4 is 31.8 Å². The van der Waals surface area contributed by atoms with E-state index in [4.69, 9.17) is 9.59 Å². The zero-order chi connectivity index (χ0) is 31.2. The van der Waals surface area contributed by atoms with Crippen molar-refractivity contribution in [2.24, 2.45) is 0 Å². The minimum Gasteiger partial charge on any atom is -0.542 e. The number of hydrogen-bond acceptors (Lipinski definition) is 2. The molecule has 0 N–H and O–H groups in total. The van der Waals surface area contributed by atoms with Crippen molar-refractivity contribution < 1.29 is 30.0 Å². The number of rotatable bonds is 6. The van der Waals surface area contributed by atoms with Gasteiger partial charge in [-0.3, -0.25) is 12.6 Å². The molecule has 6 aromatic rings. The summed E-state index contributed by atoms with van der Waals surface area (Å²) in [6.45, 7) is 2.64. The van der Waals surface area contributed by atoms with Crippen molar-refractivity contribution in [2.45, 2.75) is 13.8 Å². The summed E-state index contributed by atoms with van der Waals surface area (Å²) in [5.41, 5.74) is 0. The first-order valence-corrected chi connectivity index (χ1v) is 16.9. The fourth-order valence-electron chi connectivity index (χ4n) is 4.36. The normalized spacial score (nSPS) is 9.51. The molecule has 228 valence electrons. The van der Waals surface area contributed by atoms with Crippen LogP contribution in [0.5, 0.6) is 0 Å². The summed E-state index contributed by atoms with van der Waals surface area (Å²) < 4.78 is 0. The van der Waals surface area contributed by atoms with E-state index in [2.05, 4.69) is 182 Å². The summed E-state index contributed by atoms with van der Waals surface area (Å²) in [6, 6.07) is 64.7. The maximum atomic E-state index is 8.68. The van der Waals surface area contributed by atoms with Crippen LogP contribution in [0.2, 0.25) is 0 Å². The van der Waals surface area contributed by atoms with E-state index < -0.39 is 15.8 Å². The van der Waals surface area contributed by atoms with Crippen molar-refractivity contribution in [3.05, 3.63) is 182 Å². The van der Waals surface area contributed by atoms with Gasteiger partial charge in [0.25, 0.3) is 0 Å². The second kappa shape index (κ2) is 22.7. The van der Waals surface area contributed by atoms with E-state index in [1.54, 1.807) is 0 Å². The van der Waals surface area contributed by atoms with Crippen LogP contribution in [0.3, 0.4) is 0 Å². The molecule has 45 heavy (non-hydrogen) atoms. The van der Waals surface area contributed by atoms with Gasteiger partial charge in [0.05, 0.1) is 0 Å². The largest absolute Gasteiger partial charge is 2.00 e. The summed E-state index contributed by atoms with van der Waals surface area (Å²) >= 11 is 0. The molecule has 0 aliphatic carbocycles. The maximum absolute atomic E-state index is 8.68. The van der Waals surface area contributed by atoms with Gasteiger partial charge in [-0.2, -0.15) is 13.8 Å². The molecule has 0 unspecified atom stereocenters. The molecule has 0 aliphatic rings. The van der Waals surface area contributed by atoms with Crippen molar-refractivity contribution in [3.8, 4) is 0 Å².